The van der Waals surface area contributed by atoms with Crippen molar-refractivity contribution in [2.75, 3.05) is 5.32 Å². The second kappa shape index (κ2) is 9.93. The van der Waals surface area contributed by atoms with Crippen molar-refractivity contribution in [1.29, 1.82) is 5.26 Å². The molecule has 0 bridgehead atoms. The number of benzene rings is 4. The van der Waals surface area contributed by atoms with Gasteiger partial charge in [0.25, 0.3) is 5.91 Å². The van der Waals surface area contributed by atoms with Gasteiger partial charge in [0.1, 0.15) is 29.7 Å². The zero-order chi connectivity index (χ0) is 24.1. The molecular formula is C29H24N2O3. The molecule has 0 fully saturated rings. The average molecular weight is 449 g/mol. The highest BCUT2D eigenvalue weighted by molar-refractivity contribution is 6.11. The predicted molar refractivity (Wildman–Crippen MR) is 135 cm³/mol. The van der Waals surface area contributed by atoms with Crippen LogP contribution >= 0.6 is 0 Å². The molecule has 0 saturated carbocycles. The number of nitrogens with zero attached hydrogens (tertiary/aromatic N) is 1. The molecule has 0 aromatic heterocycles. The van der Waals surface area contributed by atoms with Gasteiger partial charge in [-0.05, 0) is 77.7 Å². The van der Waals surface area contributed by atoms with E-state index in [2.05, 4.69) is 31.3 Å². The zero-order valence-electron chi connectivity index (χ0n) is 19.0. The highest BCUT2D eigenvalue weighted by Gasteiger charge is 2.14. The predicted octanol–water partition coefficient (Wildman–Crippen LogP) is 6.29. The van der Waals surface area contributed by atoms with Crippen molar-refractivity contribution in [1.82, 2.24) is 0 Å². The molecule has 1 amide bonds. The molecule has 0 saturated heterocycles. The highest BCUT2D eigenvalue weighted by atomic mass is 16.5. The number of phenols is 1. The Morgan fingerprint density at radius 1 is 1.00 bits per heavy atom. The van der Waals surface area contributed by atoms with Crippen molar-refractivity contribution in [2.24, 2.45) is 0 Å². The molecule has 0 aliphatic heterocycles. The number of nitriles is 1. The van der Waals surface area contributed by atoms with Gasteiger partial charge >= 0.3 is 0 Å². The smallest absolute Gasteiger partial charge is 0.266 e. The maximum Gasteiger partial charge on any atom is 0.266 e. The Morgan fingerprint density at radius 3 is 2.50 bits per heavy atom. The van der Waals surface area contributed by atoms with Gasteiger partial charge in [0.05, 0.1) is 0 Å². The van der Waals surface area contributed by atoms with Crippen molar-refractivity contribution >= 4 is 28.4 Å². The van der Waals surface area contributed by atoms with E-state index in [-0.39, 0.29) is 11.3 Å². The first-order valence-electron chi connectivity index (χ1n) is 10.9. The van der Waals surface area contributed by atoms with Crippen LogP contribution in [0.3, 0.4) is 0 Å². The Hall–Kier alpha value is -4.56. The van der Waals surface area contributed by atoms with E-state index in [1.54, 1.807) is 18.2 Å². The summed E-state index contributed by atoms with van der Waals surface area (Å²) in [5.74, 6) is 0.138. The third-order valence-corrected chi connectivity index (χ3v) is 5.68. The lowest BCUT2D eigenvalue weighted by Gasteiger charge is -2.13. The van der Waals surface area contributed by atoms with Gasteiger partial charge in [-0.3, -0.25) is 4.79 Å². The Labute approximate surface area is 198 Å². The van der Waals surface area contributed by atoms with Crippen LogP contribution in [0.5, 0.6) is 11.5 Å². The van der Waals surface area contributed by atoms with Crippen LogP contribution in [0.15, 0.2) is 84.4 Å². The zero-order valence-corrected chi connectivity index (χ0v) is 19.0. The number of carbonyl (C=O) groups excluding carboxylic acids is 1. The van der Waals surface area contributed by atoms with E-state index in [1.165, 1.54) is 23.3 Å². The molecule has 0 heterocycles. The monoisotopic (exact) mass is 448 g/mol. The summed E-state index contributed by atoms with van der Waals surface area (Å²) in [6.07, 6.45) is 1.56. The number of phenolic OH excluding ortho intramolecular Hbond substituents is 1. The van der Waals surface area contributed by atoms with Crippen molar-refractivity contribution < 1.29 is 14.6 Å². The Morgan fingerprint density at radius 2 is 1.76 bits per heavy atom. The van der Waals surface area contributed by atoms with Gasteiger partial charge in [0.15, 0.2) is 0 Å². The van der Waals surface area contributed by atoms with Crippen LogP contribution in [0.4, 0.5) is 5.69 Å². The van der Waals surface area contributed by atoms with Gasteiger partial charge in [-0.15, -0.1) is 0 Å². The van der Waals surface area contributed by atoms with Gasteiger partial charge in [-0.2, -0.15) is 5.26 Å². The largest absolute Gasteiger partial charge is 0.508 e. The Bertz CT molecular complexity index is 1430. The van der Waals surface area contributed by atoms with E-state index in [0.29, 0.717) is 23.6 Å². The first-order chi connectivity index (χ1) is 16.4. The topological polar surface area (TPSA) is 82.3 Å². The average Bonchev–Trinajstić information content (AvgIpc) is 2.85. The summed E-state index contributed by atoms with van der Waals surface area (Å²) in [5.41, 5.74) is 4.54. The first-order valence-corrected chi connectivity index (χ1v) is 10.9. The van der Waals surface area contributed by atoms with Gasteiger partial charge < -0.3 is 15.2 Å². The molecule has 5 nitrogen and oxygen atoms in total. The number of fused-ring (bicyclic) bond motifs is 1. The summed E-state index contributed by atoms with van der Waals surface area (Å²) in [6.45, 7) is 4.50. The van der Waals surface area contributed by atoms with Crippen LogP contribution in [0.2, 0.25) is 0 Å². The number of hydrogen-bond donors (Lipinski definition) is 2. The van der Waals surface area contributed by atoms with E-state index >= 15 is 0 Å². The van der Waals surface area contributed by atoms with Crippen molar-refractivity contribution in [2.45, 2.75) is 20.5 Å². The van der Waals surface area contributed by atoms with Crippen molar-refractivity contribution in [3.8, 4) is 17.6 Å². The molecule has 2 N–H and O–H groups in total. The minimum absolute atomic E-state index is 0.0551. The molecule has 0 radical (unpaired) electrons. The summed E-state index contributed by atoms with van der Waals surface area (Å²) < 4.78 is 6.17. The number of ether oxygens (including phenoxy) is 1. The molecule has 4 aromatic carbocycles. The fraction of sp³-hybridized carbons (Fsp3) is 0.103. The molecule has 5 heteroatoms. The van der Waals surface area contributed by atoms with E-state index in [9.17, 15) is 15.2 Å². The quantitative estimate of drug-likeness (QED) is 0.206. The number of aromatic hydroxyl groups is 1. The van der Waals surface area contributed by atoms with Crippen LogP contribution in [-0.2, 0) is 11.4 Å². The number of aryl methyl sites for hydroxylation is 2. The summed E-state index contributed by atoms with van der Waals surface area (Å²) in [5, 5.41) is 23.7. The molecule has 4 rings (SSSR count). The molecule has 0 atom stereocenters. The van der Waals surface area contributed by atoms with Crippen LogP contribution in [0.1, 0.15) is 22.3 Å². The van der Waals surface area contributed by atoms with Gasteiger partial charge in [-0.1, -0.05) is 48.5 Å². The van der Waals surface area contributed by atoms with E-state index < -0.39 is 5.91 Å². The molecular weight excluding hydrogens is 424 g/mol. The summed E-state index contributed by atoms with van der Waals surface area (Å²) >= 11 is 0. The minimum atomic E-state index is -0.541. The maximum atomic E-state index is 12.8. The third kappa shape index (κ3) is 5.08. The number of rotatable bonds is 6. The summed E-state index contributed by atoms with van der Waals surface area (Å²) in [6, 6.07) is 25.9. The van der Waals surface area contributed by atoms with Gasteiger partial charge in [0, 0.05) is 11.3 Å². The highest BCUT2D eigenvalue weighted by Crippen LogP contribution is 2.31. The standard InChI is InChI=1S/C29H24N2O3/c1-19-7-8-21(15-20(19)2)18-34-28-14-9-22-5-3-4-6-26(22)27(28)16-23(17-30)29(33)31-24-10-12-25(32)13-11-24/h3-16,32H,18H2,1-2H3,(H,31,33)/b23-16+. The maximum absolute atomic E-state index is 12.8. The third-order valence-electron chi connectivity index (χ3n) is 5.68. The number of amides is 1. The molecule has 0 aliphatic carbocycles. The van der Waals surface area contributed by atoms with Crippen LogP contribution in [0.25, 0.3) is 16.8 Å². The van der Waals surface area contributed by atoms with Crippen LogP contribution in [-0.4, -0.2) is 11.0 Å². The number of carbonyl (C=O) groups is 1. The summed E-state index contributed by atoms with van der Waals surface area (Å²) in [4.78, 5) is 12.8. The Kier molecular flexibility index (Phi) is 6.61. The van der Waals surface area contributed by atoms with Gasteiger partial charge in [-0.25, -0.2) is 0 Å². The number of hydrogen-bond acceptors (Lipinski definition) is 4. The van der Waals surface area contributed by atoms with Crippen LogP contribution < -0.4 is 10.1 Å². The lowest BCUT2D eigenvalue weighted by molar-refractivity contribution is -0.112. The molecule has 0 aliphatic rings. The fourth-order valence-corrected chi connectivity index (χ4v) is 3.64. The molecule has 0 unspecified atom stereocenters. The fourth-order valence-electron chi connectivity index (χ4n) is 3.64. The first kappa shape index (κ1) is 22.6. The molecule has 168 valence electrons. The second-order valence-corrected chi connectivity index (χ2v) is 8.08. The second-order valence-electron chi connectivity index (χ2n) is 8.08. The van der Waals surface area contributed by atoms with E-state index in [4.69, 9.17) is 4.74 Å². The number of anilines is 1. The van der Waals surface area contributed by atoms with E-state index in [0.717, 1.165) is 16.3 Å². The molecule has 0 spiro atoms. The van der Waals surface area contributed by atoms with Gasteiger partial charge in [0.2, 0.25) is 0 Å². The van der Waals surface area contributed by atoms with Crippen molar-refractivity contribution in [3.05, 3.63) is 107 Å². The lowest BCUT2D eigenvalue weighted by Crippen LogP contribution is -2.13. The lowest BCUT2D eigenvalue weighted by atomic mass is 10.0. The molecule has 34 heavy (non-hydrogen) atoms. The van der Waals surface area contributed by atoms with E-state index in [1.807, 2.05) is 48.5 Å². The van der Waals surface area contributed by atoms with Crippen molar-refractivity contribution in [3.63, 3.8) is 0 Å². The number of nitrogens with one attached hydrogen (secondary N) is 1. The summed E-state index contributed by atoms with van der Waals surface area (Å²) in [7, 11) is 0. The SMILES string of the molecule is Cc1ccc(COc2ccc3ccccc3c2/C=C(\C#N)C(=O)Nc2ccc(O)cc2)cc1C. The normalized spacial score (nSPS) is 11.1. The Balaban J connectivity index is 1.69. The van der Waals surface area contributed by atoms with Crippen LogP contribution in [0, 0.1) is 25.2 Å². The molecule has 4 aromatic rings. The minimum Gasteiger partial charge on any atom is -0.508 e.